The SMILES string of the molecule is Cc1c[c-]c(-n2[c-][n+](C)cc2)cc1.Cc1c[c-]c(-n2[c-][n+](C)cc2)cc1.Cc1c[c-]c(-n2[c-][n+](C)cc2)cc1.Cc1c[c-]c(-n2[c-][n+](C)cc2)cc1.[Ir].[Ir].c1ccc(-c2cnn[n-]2)nc1.c1ccc(-c2nnn[n-]2)nc1. The number of aromatic nitrogens is 17. The summed E-state index contributed by atoms with van der Waals surface area (Å²) in [4.78, 5) is 8.09. The van der Waals surface area contributed by atoms with Crippen molar-refractivity contribution in [3.63, 3.8) is 0 Å². The van der Waals surface area contributed by atoms with Gasteiger partial charge in [-0.3, -0.25) is 25.5 Å². The topological polar surface area (TPSA) is 154 Å². The third-order valence-corrected chi connectivity index (χ3v) is 10.2. The van der Waals surface area contributed by atoms with Gasteiger partial charge in [0.25, 0.3) is 0 Å². The number of aryl methyl sites for hydroxylation is 8. The summed E-state index contributed by atoms with van der Waals surface area (Å²) in [7, 11) is 7.80. The maximum absolute atomic E-state index is 4.08. The number of rotatable bonds is 6. The summed E-state index contributed by atoms with van der Waals surface area (Å²) in [5.74, 6) is 0.464. The molecule has 76 heavy (non-hydrogen) atoms. The molecule has 19 heteroatoms. The fraction of sp³-hybridized carbons (Fsp3) is 0.140. The van der Waals surface area contributed by atoms with Crippen molar-refractivity contribution >= 4 is 0 Å². The summed E-state index contributed by atoms with van der Waals surface area (Å²) in [6, 6.07) is 48.2. The summed E-state index contributed by atoms with van der Waals surface area (Å²) < 4.78 is 15.2. The molecule has 0 amide bonds. The van der Waals surface area contributed by atoms with E-state index in [0.717, 1.165) is 28.4 Å². The predicted molar refractivity (Wildman–Crippen MR) is 272 cm³/mol. The maximum atomic E-state index is 4.08. The minimum atomic E-state index is 0. The van der Waals surface area contributed by atoms with Crippen LogP contribution >= 0.6 is 0 Å². The normalized spacial score (nSPS) is 9.89. The third kappa shape index (κ3) is 18.5. The van der Waals surface area contributed by atoms with Gasteiger partial charge in [0.05, 0.1) is 45.4 Å². The van der Waals surface area contributed by atoms with Crippen molar-refractivity contribution in [2.24, 2.45) is 28.2 Å². The van der Waals surface area contributed by atoms with Gasteiger partial charge in [0.2, 0.25) is 25.3 Å². The molecule has 0 bridgehead atoms. The molecule has 0 fully saturated rings. The molecule has 0 atom stereocenters. The van der Waals surface area contributed by atoms with Crippen molar-refractivity contribution in [1.29, 1.82) is 0 Å². The van der Waals surface area contributed by atoms with E-state index in [1.165, 1.54) is 22.3 Å². The van der Waals surface area contributed by atoms with Crippen LogP contribution in [-0.2, 0) is 68.4 Å². The van der Waals surface area contributed by atoms with Gasteiger partial charge in [0, 0.05) is 102 Å². The molecule has 4 aromatic carbocycles. The quantitative estimate of drug-likeness (QED) is 0.161. The summed E-state index contributed by atoms with van der Waals surface area (Å²) >= 11 is 0. The first-order chi connectivity index (χ1) is 35.9. The Morgan fingerprint density at radius 2 is 0.803 bits per heavy atom. The maximum Gasteiger partial charge on any atom is 0.241 e. The first-order valence-electron chi connectivity index (χ1n) is 23.1. The van der Waals surface area contributed by atoms with Gasteiger partial charge in [0.15, 0.2) is 0 Å². The Kier molecular flexibility index (Phi) is 23.1. The van der Waals surface area contributed by atoms with Gasteiger partial charge in [-0.05, 0) is 30.0 Å². The fourth-order valence-electron chi connectivity index (χ4n) is 6.28. The second kappa shape index (κ2) is 30.0. The van der Waals surface area contributed by atoms with Crippen molar-refractivity contribution in [2.75, 3.05) is 0 Å². The van der Waals surface area contributed by atoms with Crippen LogP contribution in [-0.4, -0.2) is 54.1 Å². The Morgan fingerprint density at radius 1 is 0.434 bits per heavy atom. The minimum absolute atomic E-state index is 0. The average Bonchev–Trinajstić information content (AvgIpc) is 4.31. The molecule has 0 aliphatic rings. The molecule has 0 saturated heterocycles. The Bertz CT molecular complexity index is 3050. The van der Waals surface area contributed by atoms with Gasteiger partial charge in [-0.1, -0.05) is 68.8 Å². The van der Waals surface area contributed by atoms with Crippen LogP contribution < -0.4 is 28.5 Å². The summed E-state index contributed by atoms with van der Waals surface area (Å²) in [5.41, 5.74) is 11.2. The Balaban J connectivity index is 0.000000168. The van der Waals surface area contributed by atoms with E-state index in [9.17, 15) is 0 Å². The van der Waals surface area contributed by atoms with E-state index >= 15 is 0 Å². The van der Waals surface area contributed by atoms with Crippen LogP contribution in [0.1, 0.15) is 22.3 Å². The number of hydrogen-bond donors (Lipinski definition) is 0. The second-order valence-electron chi connectivity index (χ2n) is 16.5. The molecule has 0 spiro atoms. The number of nitrogens with zero attached hydrogens (tertiary/aromatic N) is 17. The average molecular weight is 1360 g/mol. The zero-order chi connectivity index (χ0) is 52.1. The van der Waals surface area contributed by atoms with E-state index in [-0.39, 0.29) is 40.2 Å². The number of pyridine rings is 2. The Hall–Kier alpha value is -8.47. The minimum Gasteiger partial charge on any atom is -0.358 e. The van der Waals surface area contributed by atoms with Crippen molar-refractivity contribution in [1.82, 2.24) is 64.3 Å². The fourth-order valence-corrected chi connectivity index (χ4v) is 6.28. The van der Waals surface area contributed by atoms with Gasteiger partial charge < -0.3 is 51.8 Å². The first kappa shape index (κ1) is 58.4. The molecule has 0 aliphatic heterocycles. The first-order valence-corrected chi connectivity index (χ1v) is 23.1. The van der Waals surface area contributed by atoms with Gasteiger partial charge in [-0.15, -0.1) is 0 Å². The molecule has 12 aromatic rings. The molecule has 0 N–H and O–H groups in total. The van der Waals surface area contributed by atoms with Crippen molar-refractivity contribution in [3.8, 4) is 45.7 Å². The monoisotopic (exact) mass is 1360 g/mol. The van der Waals surface area contributed by atoms with Crippen LogP contribution in [0, 0.1) is 77.3 Å². The molecule has 8 heterocycles. The number of imidazole rings is 4. The molecule has 0 saturated carbocycles. The molecule has 390 valence electrons. The molecule has 0 aliphatic carbocycles. The zero-order valence-corrected chi connectivity index (χ0v) is 47.8. The standard InChI is InChI=1S/4C11H11N2.C7H5N4.C6H4N5.2Ir/c4*1-10-3-5-11(6-4-10)13-8-7-12(2)9-13;1-2-4-8-6(3-1)7-5-9-11-10-7;1-2-4-7-5(3-1)6-8-10-11-9-6;;/h4*3-5,7-8H,1-2H3;1-5H;1-4H;;/q6*-1;;. The van der Waals surface area contributed by atoms with Gasteiger partial charge in [0.1, 0.15) is 0 Å². The predicted octanol–water partition coefficient (Wildman–Crippen LogP) is 5.22. The van der Waals surface area contributed by atoms with E-state index in [4.69, 9.17) is 0 Å². The van der Waals surface area contributed by atoms with Crippen molar-refractivity contribution in [3.05, 3.63) is 249 Å². The van der Waals surface area contributed by atoms with Crippen LogP contribution in [0.25, 0.3) is 45.7 Å². The number of tetrazole rings is 1. The molecular formula is C57H53Ir2N17-6. The molecule has 12 rings (SSSR count). The largest absolute Gasteiger partial charge is 0.358 e. The van der Waals surface area contributed by atoms with E-state index in [1.54, 1.807) is 24.7 Å². The zero-order valence-electron chi connectivity index (χ0n) is 43.0. The summed E-state index contributed by atoms with van der Waals surface area (Å²) in [6.45, 7) is 8.22. The molecule has 2 radical (unpaired) electrons. The van der Waals surface area contributed by atoms with Crippen molar-refractivity contribution in [2.45, 2.75) is 27.7 Å². The van der Waals surface area contributed by atoms with E-state index in [0.29, 0.717) is 17.2 Å². The van der Waals surface area contributed by atoms with E-state index in [1.807, 2.05) is 193 Å². The third-order valence-electron chi connectivity index (χ3n) is 10.2. The molecule has 17 nitrogen and oxygen atoms in total. The van der Waals surface area contributed by atoms with Gasteiger partial charge in [-0.25, -0.2) is 0 Å². The summed E-state index contributed by atoms with van der Waals surface area (Å²) in [5, 5.41) is 24.8. The number of hydrogen-bond acceptors (Lipinski definition) is 7. The van der Waals surface area contributed by atoms with Crippen LogP contribution in [0.2, 0.25) is 0 Å². The molecular weight excluding hydrogens is 1310 g/mol. The number of benzene rings is 4. The van der Waals surface area contributed by atoms with Crippen LogP contribution in [0.4, 0.5) is 0 Å². The Morgan fingerprint density at radius 3 is 1.05 bits per heavy atom. The van der Waals surface area contributed by atoms with Crippen LogP contribution in [0.5, 0.6) is 0 Å². The second-order valence-corrected chi connectivity index (χ2v) is 16.5. The van der Waals surface area contributed by atoms with Crippen LogP contribution in [0.15, 0.2) is 177 Å². The Labute approximate surface area is 470 Å². The molecule has 0 unspecified atom stereocenters. The van der Waals surface area contributed by atoms with E-state index in [2.05, 4.69) is 148 Å². The smallest absolute Gasteiger partial charge is 0.241 e. The van der Waals surface area contributed by atoms with Gasteiger partial charge >= 0.3 is 0 Å². The van der Waals surface area contributed by atoms with Gasteiger partial charge in [-0.2, -0.15) is 125 Å². The summed E-state index contributed by atoms with van der Waals surface area (Å²) in [6.07, 6.45) is 33.1. The van der Waals surface area contributed by atoms with Crippen LogP contribution in [0.3, 0.4) is 0 Å². The van der Waals surface area contributed by atoms with E-state index < -0.39 is 0 Å². The van der Waals surface area contributed by atoms with Crippen molar-refractivity contribution < 1.29 is 58.5 Å². The molecule has 8 aromatic heterocycles.